The number of benzene rings is 1. The molecule has 0 aliphatic carbocycles. The lowest BCUT2D eigenvalue weighted by Crippen LogP contribution is -2.54. The van der Waals surface area contributed by atoms with Crippen molar-refractivity contribution in [3.8, 4) is 0 Å². The number of halogens is 1. The highest BCUT2D eigenvalue weighted by atomic mass is 32.1. The first-order valence-electron chi connectivity index (χ1n) is 9.83. The minimum Gasteiger partial charge on any atom is -0.354 e. The maximum absolute atomic E-state index is 12.9. The van der Waals surface area contributed by atoms with E-state index in [-0.39, 0.29) is 30.2 Å². The number of nitrogens with one attached hydrogen (secondary N) is 2. The molecule has 2 N–H and O–H groups in total. The summed E-state index contributed by atoms with van der Waals surface area (Å²) >= 11 is 1.70. The van der Waals surface area contributed by atoms with Gasteiger partial charge in [-0.25, -0.2) is 4.39 Å². The van der Waals surface area contributed by atoms with Gasteiger partial charge in [-0.05, 0) is 49.1 Å². The van der Waals surface area contributed by atoms with Gasteiger partial charge in [0, 0.05) is 43.3 Å². The molecule has 0 unspecified atom stereocenters. The maximum Gasteiger partial charge on any atom is 0.238 e. The zero-order valence-electron chi connectivity index (χ0n) is 16.6. The third-order valence-corrected chi connectivity index (χ3v) is 6.02. The molecule has 0 bridgehead atoms. The highest BCUT2D eigenvalue weighted by molar-refractivity contribution is 7.09. The molecular weight excluding hydrogens is 391 g/mol. The van der Waals surface area contributed by atoms with Crippen LogP contribution in [0.3, 0.4) is 0 Å². The van der Waals surface area contributed by atoms with Crippen molar-refractivity contribution < 1.29 is 14.0 Å². The summed E-state index contributed by atoms with van der Waals surface area (Å²) in [7, 11) is 0. The summed E-state index contributed by atoms with van der Waals surface area (Å²) in [5.41, 5.74) is 0.586. The Morgan fingerprint density at radius 1 is 1.14 bits per heavy atom. The lowest BCUT2D eigenvalue weighted by Gasteiger charge is -2.37. The highest BCUT2D eigenvalue weighted by Crippen LogP contribution is 2.11. The molecule has 29 heavy (non-hydrogen) atoms. The first-order chi connectivity index (χ1) is 14.0. The van der Waals surface area contributed by atoms with Crippen LogP contribution in [0.25, 0.3) is 0 Å². The fourth-order valence-corrected chi connectivity index (χ4v) is 4.03. The van der Waals surface area contributed by atoms with Crippen LogP contribution < -0.4 is 10.6 Å². The normalized spacial score (nSPS) is 16.3. The lowest BCUT2D eigenvalue weighted by atomic mass is 10.2. The van der Waals surface area contributed by atoms with E-state index in [0.29, 0.717) is 12.2 Å². The predicted molar refractivity (Wildman–Crippen MR) is 114 cm³/mol. The van der Waals surface area contributed by atoms with E-state index in [9.17, 15) is 14.0 Å². The molecule has 1 aliphatic heterocycles. The van der Waals surface area contributed by atoms with E-state index < -0.39 is 0 Å². The zero-order valence-corrected chi connectivity index (χ0v) is 17.4. The first-order valence-corrected chi connectivity index (χ1v) is 10.7. The molecule has 2 heterocycles. The summed E-state index contributed by atoms with van der Waals surface area (Å²) in [6.45, 7) is 5.79. The molecule has 1 fully saturated rings. The Bertz CT molecular complexity index is 790. The Morgan fingerprint density at radius 2 is 1.86 bits per heavy atom. The van der Waals surface area contributed by atoms with Crippen molar-refractivity contribution in [2.45, 2.75) is 19.4 Å². The van der Waals surface area contributed by atoms with Crippen molar-refractivity contribution in [2.24, 2.45) is 0 Å². The smallest absolute Gasteiger partial charge is 0.238 e. The van der Waals surface area contributed by atoms with Crippen LogP contribution in [0.2, 0.25) is 0 Å². The van der Waals surface area contributed by atoms with Gasteiger partial charge in [-0.15, -0.1) is 11.3 Å². The monoisotopic (exact) mass is 418 g/mol. The van der Waals surface area contributed by atoms with E-state index in [1.165, 1.54) is 17.0 Å². The van der Waals surface area contributed by atoms with Crippen molar-refractivity contribution in [3.05, 3.63) is 52.5 Å². The van der Waals surface area contributed by atoms with E-state index in [4.69, 9.17) is 0 Å². The number of amides is 2. The van der Waals surface area contributed by atoms with Gasteiger partial charge in [0.1, 0.15) is 5.82 Å². The minimum absolute atomic E-state index is 0.0454. The largest absolute Gasteiger partial charge is 0.354 e. The summed E-state index contributed by atoms with van der Waals surface area (Å²) < 4.78 is 12.9. The van der Waals surface area contributed by atoms with Gasteiger partial charge in [0.25, 0.3) is 0 Å². The molecule has 0 saturated carbocycles. The average Bonchev–Trinajstić information content (AvgIpc) is 3.23. The number of nitrogens with zero attached hydrogens (tertiary/aromatic N) is 2. The van der Waals surface area contributed by atoms with Crippen LogP contribution in [0.4, 0.5) is 10.1 Å². The summed E-state index contributed by atoms with van der Waals surface area (Å²) in [4.78, 5) is 30.1. The summed E-state index contributed by atoms with van der Waals surface area (Å²) in [5, 5.41) is 7.83. The minimum atomic E-state index is -0.330. The van der Waals surface area contributed by atoms with Crippen LogP contribution in [0.15, 0.2) is 41.8 Å². The maximum atomic E-state index is 12.9. The Morgan fingerprint density at radius 3 is 2.52 bits per heavy atom. The van der Waals surface area contributed by atoms with Crippen molar-refractivity contribution in [3.63, 3.8) is 0 Å². The molecule has 1 aromatic carbocycles. The van der Waals surface area contributed by atoms with Crippen LogP contribution in [0.5, 0.6) is 0 Å². The molecule has 3 rings (SSSR count). The number of rotatable bonds is 8. The quantitative estimate of drug-likeness (QED) is 0.690. The van der Waals surface area contributed by atoms with Crippen LogP contribution in [-0.4, -0.2) is 66.9 Å². The Labute approximate surface area is 174 Å². The van der Waals surface area contributed by atoms with E-state index in [1.807, 2.05) is 18.4 Å². The summed E-state index contributed by atoms with van der Waals surface area (Å²) in [6, 6.07) is 9.64. The number of hydrogen-bond acceptors (Lipinski definition) is 5. The lowest BCUT2D eigenvalue weighted by molar-refractivity contribution is -0.127. The SMILES string of the molecule is C[C@H](C(=O)NCCc1cccs1)N1CCN(CC(=O)Nc2ccc(F)cc2)CC1. The topological polar surface area (TPSA) is 64.7 Å². The molecule has 1 saturated heterocycles. The molecule has 2 amide bonds. The van der Waals surface area contributed by atoms with E-state index in [2.05, 4.69) is 26.5 Å². The Balaban J connectivity index is 1.36. The molecule has 0 radical (unpaired) electrons. The van der Waals surface area contributed by atoms with Crippen LogP contribution >= 0.6 is 11.3 Å². The Hall–Kier alpha value is -2.29. The third-order valence-electron chi connectivity index (χ3n) is 5.08. The zero-order chi connectivity index (χ0) is 20.6. The van der Waals surface area contributed by atoms with Gasteiger partial charge in [0.2, 0.25) is 11.8 Å². The van der Waals surface area contributed by atoms with Gasteiger partial charge in [-0.2, -0.15) is 0 Å². The number of hydrogen-bond donors (Lipinski definition) is 2. The fraction of sp³-hybridized carbons (Fsp3) is 0.429. The number of anilines is 1. The molecule has 2 aromatic rings. The van der Waals surface area contributed by atoms with Crippen molar-refractivity contribution in [1.29, 1.82) is 0 Å². The van der Waals surface area contributed by atoms with Gasteiger partial charge in [-0.3, -0.25) is 19.4 Å². The van der Waals surface area contributed by atoms with Gasteiger partial charge in [-0.1, -0.05) is 6.07 Å². The van der Waals surface area contributed by atoms with Crippen molar-refractivity contribution in [1.82, 2.24) is 15.1 Å². The van der Waals surface area contributed by atoms with Crippen LogP contribution in [-0.2, 0) is 16.0 Å². The molecule has 1 aromatic heterocycles. The fourth-order valence-electron chi connectivity index (χ4n) is 3.32. The van der Waals surface area contributed by atoms with Gasteiger partial charge in [0.05, 0.1) is 12.6 Å². The number of piperazine rings is 1. The number of carbonyl (C=O) groups excluding carboxylic acids is 2. The predicted octanol–water partition coefficient (Wildman–Crippen LogP) is 2.19. The molecule has 156 valence electrons. The van der Waals surface area contributed by atoms with E-state index in [1.54, 1.807) is 23.5 Å². The number of carbonyl (C=O) groups is 2. The average molecular weight is 419 g/mol. The van der Waals surface area contributed by atoms with E-state index in [0.717, 1.165) is 32.6 Å². The second kappa shape index (κ2) is 10.5. The van der Waals surface area contributed by atoms with Crippen molar-refractivity contribution >= 4 is 28.8 Å². The van der Waals surface area contributed by atoms with Crippen LogP contribution in [0.1, 0.15) is 11.8 Å². The number of thiophene rings is 1. The summed E-state index contributed by atoms with van der Waals surface area (Å²) in [5.74, 6) is -0.405. The van der Waals surface area contributed by atoms with Gasteiger partial charge >= 0.3 is 0 Å². The van der Waals surface area contributed by atoms with E-state index >= 15 is 0 Å². The van der Waals surface area contributed by atoms with Crippen molar-refractivity contribution in [2.75, 3.05) is 44.6 Å². The second-order valence-corrected chi connectivity index (χ2v) is 8.20. The molecule has 1 aliphatic rings. The molecule has 1 atom stereocenters. The standard InChI is InChI=1S/C21H27FN4O2S/c1-16(21(28)23-9-8-19-3-2-14-29-19)26-12-10-25(11-13-26)15-20(27)24-18-6-4-17(22)5-7-18/h2-7,14,16H,8-13,15H2,1H3,(H,23,28)(H,24,27)/t16-/m1/s1. The summed E-state index contributed by atoms with van der Waals surface area (Å²) in [6.07, 6.45) is 0.854. The van der Waals surface area contributed by atoms with Gasteiger partial charge in [0.15, 0.2) is 0 Å². The molecular formula is C21H27FN4O2S. The third kappa shape index (κ3) is 6.62. The highest BCUT2D eigenvalue weighted by Gasteiger charge is 2.26. The molecule has 8 heteroatoms. The first kappa shape index (κ1) is 21.4. The molecule has 6 nitrogen and oxygen atoms in total. The van der Waals surface area contributed by atoms with Gasteiger partial charge < -0.3 is 10.6 Å². The Kier molecular flexibility index (Phi) is 7.74. The second-order valence-electron chi connectivity index (χ2n) is 7.16. The van der Waals surface area contributed by atoms with Crippen LogP contribution in [0, 0.1) is 5.82 Å². The molecule has 0 spiro atoms.